The van der Waals surface area contributed by atoms with Crippen molar-refractivity contribution < 1.29 is 4.39 Å². The van der Waals surface area contributed by atoms with E-state index in [0.29, 0.717) is 12.1 Å². The highest BCUT2D eigenvalue weighted by molar-refractivity contribution is 5.81. The van der Waals surface area contributed by atoms with E-state index in [1.165, 1.54) is 6.07 Å². The molecular weight excluding hydrogens is 263 g/mol. The largest absolute Gasteiger partial charge is 0.306 e. The summed E-state index contributed by atoms with van der Waals surface area (Å²) in [6.07, 6.45) is 1.80. The summed E-state index contributed by atoms with van der Waals surface area (Å²) in [5.74, 6) is -0.173. The molecule has 1 atom stereocenters. The molecule has 2 nitrogen and oxygen atoms in total. The Kier molecular flexibility index (Phi) is 3.93. The molecule has 0 amide bonds. The molecule has 1 N–H and O–H groups in total. The first-order chi connectivity index (χ1) is 10.3. The Hall–Kier alpha value is -2.26. The Morgan fingerprint density at radius 2 is 1.86 bits per heavy atom. The van der Waals surface area contributed by atoms with Crippen LogP contribution in [0.4, 0.5) is 4.39 Å². The van der Waals surface area contributed by atoms with E-state index in [-0.39, 0.29) is 11.9 Å². The first-order valence-electron chi connectivity index (χ1n) is 7.06. The van der Waals surface area contributed by atoms with E-state index < -0.39 is 0 Å². The number of nitrogens with one attached hydrogen (secondary N) is 1. The second kappa shape index (κ2) is 6.02. The zero-order valence-electron chi connectivity index (χ0n) is 11.9. The molecule has 0 spiro atoms. The van der Waals surface area contributed by atoms with E-state index in [4.69, 9.17) is 0 Å². The van der Waals surface area contributed by atoms with Crippen molar-refractivity contribution >= 4 is 10.9 Å². The minimum atomic E-state index is -0.173. The van der Waals surface area contributed by atoms with Crippen LogP contribution in [0.1, 0.15) is 24.1 Å². The van der Waals surface area contributed by atoms with E-state index in [2.05, 4.69) is 16.4 Å². The molecule has 3 rings (SSSR count). The lowest BCUT2D eigenvalue weighted by Gasteiger charge is -2.15. The Morgan fingerprint density at radius 1 is 1.05 bits per heavy atom. The summed E-state index contributed by atoms with van der Waals surface area (Å²) in [7, 11) is 0. The fourth-order valence-corrected chi connectivity index (χ4v) is 2.51. The quantitative estimate of drug-likeness (QED) is 0.773. The number of halogens is 1. The number of hydrogen-bond acceptors (Lipinski definition) is 2. The highest BCUT2D eigenvalue weighted by Crippen LogP contribution is 2.19. The van der Waals surface area contributed by atoms with Crippen molar-refractivity contribution in [2.24, 2.45) is 0 Å². The summed E-state index contributed by atoms with van der Waals surface area (Å²) in [5.41, 5.74) is 2.80. The zero-order valence-corrected chi connectivity index (χ0v) is 11.9. The summed E-state index contributed by atoms with van der Waals surface area (Å²) < 4.78 is 13.8. The highest BCUT2D eigenvalue weighted by atomic mass is 19.1. The smallest absolute Gasteiger partial charge is 0.127 e. The third kappa shape index (κ3) is 2.93. The van der Waals surface area contributed by atoms with Crippen LogP contribution in [-0.4, -0.2) is 4.98 Å². The van der Waals surface area contributed by atoms with Gasteiger partial charge in [-0.05, 0) is 24.6 Å². The molecular formula is C18H17FN2. The molecule has 1 heterocycles. The van der Waals surface area contributed by atoms with Crippen molar-refractivity contribution in [3.05, 3.63) is 77.7 Å². The van der Waals surface area contributed by atoms with Gasteiger partial charge in [-0.15, -0.1) is 0 Å². The first kappa shape index (κ1) is 13.7. The monoisotopic (exact) mass is 280 g/mol. The number of hydrogen-bond donors (Lipinski definition) is 1. The van der Waals surface area contributed by atoms with Gasteiger partial charge in [0.15, 0.2) is 0 Å². The van der Waals surface area contributed by atoms with Crippen LogP contribution in [-0.2, 0) is 6.54 Å². The summed E-state index contributed by atoms with van der Waals surface area (Å²) in [6, 6.07) is 16.9. The van der Waals surface area contributed by atoms with Crippen LogP contribution in [0.15, 0.2) is 60.8 Å². The maximum absolute atomic E-state index is 13.8. The maximum atomic E-state index is 13.8. The van der Waals surface area contributed by atoms with Crippen molar-refractivity contribution in [1.29, 1.82) is 0 Å². The molecule has 0 radical (unpaired) electrons. The highest BCUT2D eigenvalue weighted by Gasteiger charge is 2.10. The van der Waals surface area contributed by atoms with Gasteiger partial charge in [0, 0.05) is 29.7 Å². The second-order valence-corrected chi connectivity index (χ2v) is 5.12. The van der Waals surface area contributed by atoms with Gasteiger partial charge in [0.05, 0.1) is 5.52 Å². The molecule has 21 heavy (non-hydrogen) atoms. The van der Waals surface area contributed by atoms with Crippen molar-refractivity contribution in [3.63, 3.8) is 0 Å². The predicted octanol–water partition coefficient (Wildman–Crippen LogP) is 4.22. The minimum Gasteiger partial charge on any atom is -0.306 e. The molecule has 0 bridgehead atoms. The number of fused-ring (bicyclic) bond motifs is 1. The molecule has 1 unspecified atom stereocenters. The molecule has 3 aromatic rings. The second-order valence-electron chi connectivity index (χ2n) is 5.12. The topological polar surface area (TPSA) is 24.9 Å². The Bertz CT molecular complexity index is 750. The maximum Gasteiger partial charge on any atom is 0.127 e. The molecule has 0 aliphatic carbocycles. The van der Waals surface area contributed by atoms with Gasteiger partial charge < -0.3 is 5.32 Å². The Balaban J connectivity index is 1.79. The van der Waals surface area contributed by atoms with Crippen LogP contribution in [0, 0.1) is 5.82 Å². The van der Waals surface area contributed by atoms with Crippen molar-refractivity contribution in [1.82, 2.24) is 10.3 Å². The van der Waals surface area contributed by atoms with E-state index in [1.807, 2.05) is 43.3 Å². The first-order valence-corrected chi connectivity index (χ1v) is 7.06. The van der Waals surface area contributed by atoms with Crippen molar-refractivity contribution in [3.8, 4) is 0 Å². The van der Waals surface area contributed by atoms with Gasteiger partial charge in [0.1, 0.15) is 5.82 Å². The summed E-state index contributed by atoms with van der Waals surface area (Å²) in [4.78, 5) is 4.44. The van der Waals surface area contributed by atoms with Crippen LogP contribution in [0.3, 0.4) is 0 Å². The Morgan fingerprint density at radius 3 is 2.71 bits per heavy atom. The van der Waals surface area contributed by atoms with E-state index in [1.54, 1.807) is 12.3 Å². The number of aromatic nitrogens is 1. The normalized spacial score (nSPS) is 12.5. The molecule has 0 fully saturated rings. The number of pyridine rings is 1. The fraction of sp³-hybridized carbons (Fsp3) is 0.167. The average Bonchev–Trinajstić information content (AvgIpc) is 2.53. The number of para-hydroxylation sites is 1. The third-order valence-electron chi connectivity index (χ3n) is 3.69. The van der Waals surface area contributed by atoms with Gasteiger partial charge in [0.25, 0.3) is 0 Å². The molecule has 0 saturated carbocycles. The zero-order chi connectivity index (χ0) is 14.7. The lowest BCUT2D eigenvalue weighted by Crippen LogP contribution is -2.19. The van der Waals surface area contributed by atoms with Gasteiger partial charge >= 0.3 is 0 Å². The van der Waals surface area contributed by atoms with Crippen molar-refractivity contribution in [2.45, 2.75) is 19.5 Å². The predicted molar refractivity (Wildman–Crippen MR) is 83.4 cm³/mol. The molecule has 0 saturated heterocycles. The fourth-order valence-electron chi connectivity index (χ4n) is 2.51. The lowest BCUT2D eigenvalue weighted by atomic mass is 10.1. The molecule has 106 valence electrons. The molecule has 3 heteroatoms. The molecule has 1 aromatic heterocycles. The third-order valence-corrected chi connectivity index (χ3v) is 3.69. The molecule has 2 aromatic carbocycles. The van der Waals surface area contributed by atoms with Gasteiger partial charge in [-0.2, -0.15) is 0 Å². The summed E-state index contributed by atoms with van der Waals surface area (Å²) in [6.45, 7) is 2.63. The van der Waals surface area contributed by atoms with Gasteiger partial charge in [-0.3, -0.25) is 4.98 Å². The molecule has 0 aliphatic heterocycles. The summed E-state index contributed by atoms with van der Waals surface area (Å²) in [5, 5.41) is 4.49. The average molecular weight is 280 g/mol. The number of rotatable bonds is 4. The molecule has 0 aliphatic rings. The lowest BCUT2D eigenvalue weighted by molar-refractivity contribution is 0.529. The van der Waals surface area contributed by atoms with Crippen LogP contribution in [0.25, 0.3) is 10.9 Å². The summed E-state index contributed by atoms with van der Waals surface area (Å²) >= 11 is 0. The van der Waals surface area contributed by atoms with Crippen LogP contribution in [0.5, 0.6) is 0 Å². The van der Waals surface area contributed by atoms with Crippen molar-refractivity contribution in [2.75, 3.05) is 0 Å². The van der Waals surface area contributed by atoms with Crippen LogP contribution in [0.2, 0.25) is 0 Å². The number of nitrogens with zero attached hydrogens (tertiary/aromatic N) is 1. The van der Waals surface area contributed by atoms with Crippen LogP contribution < -0.4 is 5.32 Å². The van der Waals surface area contributed by atoms with Gasteiger partial charge in [-0.25, -0.2) is 4.39 Å². The number of benzene rings is 2. The van der Waals surface area contributed by atoms with Crippen LogP contribution >= 0.6 is 0 Å². The van der Waals surface area contributed by atoms with E-state index >= 15 is 0 Å². The van der Waals surface area contributed by atoms with Gasteiger partial charge in [-0.1, -0.05) is 42.5 Å². The SMILES string of the molecule is CC(NCc1cccc2cccnc12)c1ccccc1F. The Labute approximate surface area is 123 Å². The minimum absolute atomic E-state index is 0.0508. The standard InChI is InChI=1S/C18H17FN2/c1-13(16-9-2-3-10-17(16)19)21-12-15-7-4-6-14-8-5-11-20-18(14)15/h2-11,13,21H,12H2,1H3. The van der Waals surface area contributed by atoms with E-state index in [9.17, 15) is 4.39 Å². The van der Waals surface area contributed by atoms with Gasteiger partial charge in [0.2, 0.25) is 0 Å². The van der Waals surface area contributed by atoms with E-state index in [0.717, 1.165) is 16.5 Å².